The molecule has 0 saturated heterocycles. The number of hydrogen-bond donors (Lipinski definition) is 10. The van der Waals surface area contributed by atoms with Crippen molar-refractivity contribution in [2.24, 2.45) is 0 Å². The quantitative estimate of drug-likeness (QED) is 0.0888. The predicted octanol–water partition coefficient (Wildman–Crippen LogP) is -3.90. The van der Waals surface area contributed by atoms with E-state index in [0.717, 1.165) is 11.3 Å². The summed E-state index contributed by atoms with van der Waals surface area (Å²) in [7, 11) is 0. The van der Waals surface area contributed by atoms with Crippen molar-refractivity contribution >= 4 is 11.8 Å². The van der Waals surface area contributed by atoms with Crippen molar-refractivity contribution in [2.45, 2.75) is 54.6 Å². The largest absolute Gasteiger partial charge is 0.492 e. The van der Waals surface area contributed by atoms with Gasteiger partial charge in [-0.3, -0.25) is 4.90 Å². The van der Waals surface area contributed by atoms with E-state index in [1.165, 1.54) is 4.90 Å². The number of ether oxygens (including phenoxy) is 1. The first kappa shape index (κ1) is 32.0. The molecule has 0 fully saturated rings. The molecule has 0 amide bonds. The van der Waals surface area contributed by atoms with Gasteiger partial charge >= 0.3 is 0 Å². The predicted molar refractivity (Wildman–Crippen MR) is 128 cm³/mol. The van der Waals surface area contributed by atoms with Crippen LogP contribution in [0.15, 0.2) is 24.3 Å². The SMILES string of the molecule is CSCc1cccc(OCCN(C[C@H](O)[C@@H](O)[C@H](O)[C@H](O)CO)C[C@H](O)[C@@H](O)[C@H](O)[C@H](O)CO)c1. The molecule has 0 unspecified atom stereocenters. The van der Waals surface area contributed by atoms with Gasteiger partial charge in [0.1, 0.15) is 49.0 Å². The van der Waals surface area contributed by atoms with Crippen molar-refractivity contribution in [2.75, 3.05) is 45.7 Å². The van der Waals surface area contributed by atoms with Crippen molar-refractivity contribution < 1.29 is 55.8 Å². The third-order valence-corrected chi connectivity index (χ3v) is 6.05. The molecule has 1 aromatic rings. The van der Waals surface area contributed by atoms with Crippen molar-refractivity contribution in [1.82, 2.24) is 4.90 Å². The summed E-state index contributed by atoms with van der Waals surface area (Å²) >= 11 is 1.65. The monoisotopic (exact) mass is 525 g/mol. The van der Waals surface area contributed by atoms with Crippen LogP contribution in [-0.2, 0) is 5.75 Å². The van der Waals surface area contributed by atoms with Crippen LogP contribution in [0.5, 0.6) is 5.75 Å². The van der Waals surface area contributed by atoms with E-state index in [0.29, 0.717) is 5.75 Å². The molecule has 10 N–H and O–H groups in total. The Balaban J connectivity index is 2.86. The molecule has 0 spiro atoms. The first-order chi connectivity index (χ1) is 16.5. The fourth-order valence-corrected chi connectivity index (χ4v) is 3.83. The van der Waals surface area contributed by atoms with Gasteiger partial charge in [0.05, 0.1) is 25.4 Å². The zero-order chi connectivity index (χ0) is 26.5. The molecule has 12 nitrogen and oxygen atoms in total. The van der Waals surface area contributed by atoms with Crippen LogP contribution in [0.25, 0.3) is 0 Å². The van der Waals surface area contributed by atoms with Gasteiger partial charge in [0.2, 0.25) is 0 Å². The maximum absolute atomic E-state index is 10.3. The molecule has 0 aliphatic heterocycles. The molecule has 13 heteroatoms. The molecule has 1 aromatic carbocycles. The van der Waals surface area contributed by atoms with E-state index in [-0.39, 0.29) is 26.2 Å². The van der Waals surface area contributed by atoms with Crippen LogP contribution >= 0.6 is 11.8 Å². The minimum absolute atomic E-state index is 0.0671. The van der Waals surface area contributed by atoms with Crippen molar-refractivity contribution in [1.29, 1.82) is 0 Å². The minimum Gasteiger partial charge on any atom is -0.492 e. The van der Waals surface area contributed by atoms with Gasteiger partial charge in [-0.05, 0) is 24.0 Å². The van der Waals surface area contributed by atoms with E-state index in [4.69, 9.17) is 14.9 Å². The van der Waals surface area contributed by atoms with Gasteiger partial charge in [-0.1, -0.05) is 12.1 Å². The number of thioether (sulfide) groups is 1. The number of aliphatic hydroxyl groups excluding tert-OH is 10. The van der Waals surface area contributed by atoms with Crippen LogP contribution in [0.2, 0.25) is 0 Å². The van der Waals surface area contributed by atoms with E-state index in [9.17, 15) is 40.9 Å². The van der Waals surface area contributed by atoms with Gasteiger partial charge in [0, 0.05) is 25.4 Å². The number of nitrogens with zero attached hydrogens (tertiary/aromatic N) is 1. The molecule has 0 aromatic heterocycles. The second-order valence-corrected chi connectivity index (χ2v) is 9.15. The Kier molecular flexibility index (Phi) is 15.2. The molecule has 204 valence electrons. The second kappa shape index (κ2) is 16.6. The van der Waals surface area contributed by atoms with Crippen LogP contribution in [-0.4, -0.2) is 151 Å². The second-order valence-electron chi connectivity index (χ2n) is 8.29. The van der Waals surface area contributed by atoms with Gasteiger partial charge in [-0.15, -0.1) is 0 Å². The molecular formula is C22H39NO11S. The van der Waals surface area contributed by atoms with Crippen molar-refractivity contribution in [3.63, 3.8) is 0 Å². The number of rotatable bonds is 18. The van der Waals surface area contributed by atoms with E-state index in [1.54, 1.807) is 17.8 Å². The summed E-state index contributed by atoms with van der Waals surface area (Å²) in [5.74, 6) is 1.38. The van der Waals surface area contributed by atoms with Crippen LogP contribution in [0.1, 0.15) is 5.56 Å². The molecular weight excluding hydrogens is 486 g/mol. The van der Waals surface area contributed by atoms with E-state index < -0.39 is 62.0 Å². The van der Waals surface area contributed by atoms with E-state index >= 15 is 0 Å². The first-order valence-corrected chi connectivity index (χ1v) is 12.5. The van der Waals surface area contributed by atoms with Crippen molar-refractivity contribution in [3.05, 3.63) is 29.8 Å². The Labute approximate surface area is 208 Å². The minimum atomic E-state index is -1.84. The van der Waals surface area contributed by atoms with Crippen molar-refractivity contribution in [3.8, 4) is 5.75 Å². The zero-order valence-electron chi connectivity index (χ0n) is 19.6. The highest BCUT2D eigenvalue weighted by Crippen LogP contribution is 2.17. The highest BCUT2D eigenvalue weighted by Gasteiger charge is 2.34. The van der Waals surface area contributed by atoms with E-state index in [2.05, 4.69) is 0 Å². The maximum atomic E-state index is 10.3. The Morgan fingerprint density at radius 2 is 1.26 bits per heavy atom. The molecule has 35 heavy (non-hydrogen) atoms. The summed E-state index contributed by atoms with van der Waals surface area (Å²) in [6, 6.07) is 7.39. The normalized spacial score (nSPS) is 19.0. The summed E-state index contributed by atoms with van der Waals surface area (Å²) in [6.45, 7) is -2.25. The maximum Gasteiger partial charge on any atom is 0.119 e. The molecule has 0 radical (unpaired) electrons. The molecule has 0 bridgehead atoms. The lowest BCUT2D eigenvalue weighted by Crippen LogP contribution is -2.53. The summed E-state index contributed by atoms with van der Waals surface area (Å²) < 4.78 is 5.73. The van der Waals surface area contributed by atoms with Gasteiger partial charge in [-0.2, -0.15) is 11.8 Å². The lowest BCUT2D eigenvalue weighted by atomic mass is 10.0. The summed E-state index contributed by atoms with van der Waals surface area (Å²) in [6.07, 6.45) is -12.0. The Hall–Kier alpha value is -1.07. The van der Waals surface area contributed by atoms with Gasteiger partial charge < -0.3 is 55.8 Å². The van der Waals surface area contributed by atoms with Gasteiger partial charge in [0.25, 0.3) is 0 Å². The summed E-state index contributed by atoms with van der Waals surface area (Å²) in [5.41, 5.74) is 1.05. The number of benzene rings is 1. The molecule has 0 aliphatic carbocycles. The molecule has 0 aliphatic rings. The standard InChI is InChI=1S/C22H39NO11S/c1-35-12-13-3-2-4-14(7-13)34-6-5-23(8-15(26)19(30)21(32)17(28)10-24)9-16(27)20(31)22(33)18(29)11-25/h2-4,7,15-22,24-33H,5-6,8-12H2,1H3/t15-,16-,17+,18+,19+,20+,21+,22+/m0/s1. The average Bonchev–Trinajstić information content (AvgIpc) is 2.85. The summed E-state index contributed by atoms with van der Waals surface area (Å²) in [4.78, 5) is 1.38. The van der Waals surface area contributed by atoms with Crippen LogP contribution in [0.3, 0.4) is 0 Å². The molecule has 0 heterocycles. The van der Waals surface area contributed by atoms with Crippen LogP contribution < -0.4 is 4.74 Å². The fraction of sp³-hybridized carbons (Fsp3) is 0.727. The third kappa shape index (κ3) is 10.8. The molecule has 8 atom stereocenters. The van der Waals surface area contributed by atoms with Crippen LogP contribution in [0.4, 0.5) is 0 Å². The van der Waals surface area contributed by atoms with Gasteiger partial charge in [-0.25, -0.2) is 0 Å². The smallest absolute Gasteiger partial charge is 0.119 e. The Morgan fingerprint density at radius 1 is 0.771 bits per heavy atom. The fourth-order valence-electron chi connectivity index (χ4n) is 3.31. The highest BCUT2D eigenvalue weighted by molar-refractivity contribution is 7.97. The van der Waals surface area contributed by atoms with Crippen LogP contribution in [0, 0.1) is 0 Å². The molecule has 1 rings (SSSR count). The molecule has 0 saturated carbocycles. The van der Waals surface area contributed by atoms with Gasteiger partial charge in [0.15, 0.2) is 0 Å². The highest BCUT2D eigenvalue weighted by atomic mass is 32.2. The zero-order valence-corrected chi connectivity index (χ0v) is 20.4. The third-order valence-electron chi connectivity index (χ3n) is 5.43. The lowest BCUT2D eigenvalue weighted by molar-refractivity contribution is -0.130. The van der Waals surface area contributed by atoms with E-state index in [1.807, 2.05) is 24.5 Å². The topological polar surface area (TPSA) is 215 Å². The Morgan fingerprint density at radius 3 is 1.71 bits per heavy atom. The Bertz CT molecular complexity index is 673. The lowest BCUT2D eigenvalue weighted by Gasteiger charge is -2.33. The summed E-state index contributed by atoms with van der Waals surface area (Å²) in [5, 5.41) is 97.5. The first-order valence-electron chi connectivity index (χ1n) is 11.1. The average molecular weight is 526 g/mol. The number of aliphatic hydroxyl groups is 10. The number of hydrogen-bond acceptors (Lipinski definition) is 13.